The van der Waals surface area contributed by atoms with Gasteiger partial charge in [-0.3, -0.25) is 4.68 Å². The molecule has 0 aliphatic heterocycles. The molecule has 0 radical (unpaired) electrons. The van der Waals surface area contributed by atoms with Crippen LogP contribution in [0.5, 0.6) is 0 Å². The molecule has 0 atom stereocenters. The second-order valence-corrected chi connectivity index (χ2v) is 4.25. The van der Waals surface area contributed by atoms with Crippen molar-refractivity contribution >= 4 is 6.03 Å². The van der Waals surface area contributed by atoms with Crippen LogP contribution in [0.3, 0.4) is 0 Å². The molecule has 0 fully saturated rings. The molecular formula is C13H22N4O2. The highest BCUT2D eigenvalue weighted by molar-refractivity contribution is 5.74. The van der Waals surface area contributed by atoms with Crippen molar-refractivity contribution in [3.8, 4) is 0 Å². The summed E-state index contributed by atoms with van der Waals surface area (Å²) in [4.78, 5) is 13.4. The smallest absolute Gasteiger partial charge is 0.318 e. The highest BCUT2D eigenvalue weighted by Crippen LogP contribution is 2.06. The zero-order chi connectivity index (χ0) is 14.3. The van der Waals surface area contributed by atoms with Gasteiger partial charge in [0.2, 0.25) is 0 Å². The van der Waals surface area contributed by atoms with Gasteiger partial charge < -0.3 is 15.3 Å². The molecule has 0 aliphatic rings. The predicted octanol–water partition coefficient (Wildman–Crippen LogP) is 0.672. The molecule has 0 spiro atoms. The Morgan fingerprint density at radius 2 is 2.42 bits per heavy atom. The molecule has 0 aromatic carbocycles. The molecule has 0 saturated carbocycles. The number of nitrogens with one attached hydrogen (secondary N) is 1. The van der Waals surface area contributed by atoms with Crippen molar-refractivity contribution in [2.24, 2.45) is 7.05 Å². The Bertz CT molecular complexity index is 428. The van der Waals surface area contributed by atoms with Crippen molar-refractivity contribution in [3.05, 3.63) is 30.1 Å². The first kappa shape index (κ1) is 15.2. The Morgan fingerprint density at radius 1 is 1.68 bits per heavy atom. The first-order valence-corrected chi connectivity index (χ1v) is 6.38. The van der Waals surface area contributed by atoms with Crippen LogP contribution in [0.4, 0.5) is 4.79 Å². The van der Waals surface area contributed by atoms with Crippen LogP contribution >= 0.6 is 0 Å². The van der Waals surface area contributed by atoms with Crippen molar-refractivity contribution in [1.29, 1.82) is 0 Å². The van der Waals surface area contributed by atoms with Gasteiger partial charge in [-0.2, -0.15) is 5.10 Å². The number of aliphatic hydroxyl groups excluding tert-OH is 1. The molecule has 1 heterocycles. The van der Waals surface area contributed by atoms with Gasteiger partial charge in [-0.15, -0.1) is 6.58 Å². The van der Waals surface area contributed by atoms with Crippen molar-refractivity contribution in [2.75, 3.05) is 19.7 Å². The maximum Gasteiger partial charge on any atom is 0.318 e. The number of carbonyl (C=O) groups excluding carboxylic acids is 1. The lowest BCUT2D eigenvalue weighted by Crippen LogP contribution is -2.41. The van der Waals surface area contributed by atoms with Crippen molar-refractivity contribution < 1.29 is 9.90 Å². The number of hydrogen-bond acceptors (Lipinski definition) is 3. The summed E-state index contributed by atoms with van der Waals surface area (Å²) in [5.74, 6) is 0. The van der Waals surface area contributed by atoms with Gasteiger partial charge in [0.05, 0.1) is 12.3 Å². The molecule has 2 N–H and O–H groups in total. The number of aliphatic hydroxyl groups is 1. The minimum atomic E-state index is -0.208. The minimum Gasteiger partial charge on any atom is -0.395 e. The highest BCUT2D eigenvalue weighted by atomic mass is 16.3. The van der Waals surface area contributed by atoms with Crippen molar-refractivity contribution in [1.82, 2.24) is 20.0 Å². The Balaban J connectivity index is 2.58. The molecule has 0 aliphatic carbocycles. The summed E-state index contributed by atoms with van der Waals surface area (Å²) >= 11 is 0. The number of hydrogen-bond donors (Lipinski definition) is 2. The van der Waals surface area contributed by atoms with E-state index in [2.05, 4.69) is 17.0 Å². The fourth-order valence-corrected chi connectivity index (χ4v) is 1.86. The third kappa shape index (κ3) is 4.40. The number of aromatic nitrogens is 2. The summed E-state index contributed by atoms with van der Waals surface area (Å²) in [6, 6.07) is -0.208. The topological polar surface area (TPSA) is 70.4 Å². The number of nitrogens with zero attached hydrogens (tertiary/aromatic N) is 3. The van der Waals surface area contributed by atoms with Crippen LogP contribution in [0.2, 0.25) is 0 Å². The summed E-state index contributed by atoms with van der Waals surface area (Å²) in [5.41, 5.74) is 2.00. The van der Waals surface area contributed by atoms with E-state index in [1.807, 2.05) is 20.2 Å². The van der Waals surface area contributed by atoms with Crippen LogP contribution in [0.15, 0.2) is 18.9 Å². The van der Waals surface area contributed by atoms with E-state index in [-0.39, 0.29) is 12.6 Å². The summed E-state index contributed by atoms with van der Waals surface area (Å²) in [7, 11) is 1.86. The average Bonchev–Trinajstić information content (AvgIpc) is 2.76. The molecular weight excluding hydrogens is 244 g/mol. The largest absolute Gasteiger partial charge is 0.395 e. The standard InChI is InChI=1S/C13H22N4O2/c1-4-6-17(7-8-18)13(19)14-9-11-10-16(3)15-12(11)5-2/h4,10,18H,1,5-9H2,2-3H3,(H,14,19). The Morgan fingerprint density at radius 3 is 3.00 bits per heavy atom. The van der Waals surface area contributed by atoms with Crippen LogP contribution in [0.25, 0.3) is 0 Å². The molecule has 1 aromatic heterocycles. The van der Waals surface area contributed by atoms with Gasteiger partial charge >= 0.3 is 6.03 Å². The normalized spacial score (nSPS) is 10.3. The third-order valence-electron chi connectivity index (χ3n) is 2.76. The Hall–Kier alpha value is -1.82. The first-order chi connectivity index (χ1) is 9.12. The van der Waals surface area contributed by atoms with Crippen LogP contribution in [-0.2, 0) is 20.0 Å². The molecule has 1 aromatic rings. The zero-order valence-electron chi connectivity index (χ0n) is 11.6. The van der Waals surface area contributed by atoms with Crippen molar-refractivity contribution in [2.45, 2.75) is 19.9 Å². The van der Waals surface area contributed by atoms with Gasteiger partial charge in [0, 0.05) is 38.4 Å². The average molecular weight is 266 g/mol. The highest BCUT2D eigenvalue weighted by Gasteiger charge is 2.12. The van der Waals surface area contributed by atoms with Gasteiger partial charge in [-0.05, 0) is 6.42 Å². The maximum atomic E-state index is 11.9. The third-order valence-corrected chi connectivity index (χ3v) is 2.76. The van der Waals surface area contributed by atoms with E-state index in [1.54, 1.807) is 10.8 Å². The fraction of sp³-hybridized carbons (Fsp3) is 0.538. The zero-order valence-corrected chi connectivity index (χ0v) is 11.6. The molecule has 6 heteroatoms. The molecule has 0 unspecified atom stereocenters. The van der Waals surface area contributed by atoms with Crippen LogP contribution in [0, 0.1) is 0 Å². The monoisotopic (exact) mass is 266 g/mol. The maximum absolute atomic E-state index is 11.9. The van der Waals surface area contributed by atoms with Gasteiger partial charge in [-0.25, -0.2) is 4.79 Å². The number of carbonyl (C=O) groups is 1. The van der Waals surface area contributed by atoms with Gasteiger partial charge in [-0.1, -0.05) is 13.0 Å². The van der Waals surface area contributed by atoms with E-state index in [1.165, 1.54) is 4.90 Å². The fourth-order valence-electron chi connectivity index (χ4n) is 1.86. The predicted molar refractivity (Wildman–Crippen MR) is 73.7 cm³/mol. The van der Waals surface area contributed by atoms with E-state index in [9.17, 15) is 4.79 Å². The summed E-state index contributed by atoms with van der Waals surface area (Å²) in [6.45, 7) is 6.72. The van der Waals surface area contributed by atoms with Crippen LogP contribution in [0.1, 0.15) is 18.2 Å². The summed E-state index contributed by atoms with van der Waals surface area (Å²) in [5, 5.41) is 16.1. The molecule has 0 bridgehead atoms. The first-order valence-electron chi connectivity index (χ1n) is 6.38. The molecule has 19 heavy (non-hydrogen) atoms. The van der Waals surface area contributed by atoms with E-state index < -0.39 is 0 Å². The SMILES string of the molecule is C=CCN(CCO)C(=O)NCc1cn(C)nc1CC. The summed E-state index contributed by atoms with van der Waals surface area (Å²) < 4.78 is 1.75. The summed E-state index contributed by atoms with van der Waals surface area (Å²) in [6.07, 6.45) is 4.37. The Labute approximate surface area is 113 Å². The number of rotatable bonds is 7. The number of aryl methyl sites for hydroxylation is 2. The number of amides is 2. The van der Waals surface area contributed by atoms with Gasteiger partial charge in [0.15, 0.2) is 0 Å². The lowest BCUT2D eigenvalue weighted by atomic mass is 10.2. The van der Waals surface area contributed by atoms with Gasteiger partial charge in [0.25, 0.3) is 0 Å². The second kappa shape index (κ2) is 7.58. The van der Waals surface area contributed by atoms with E-state index in [0.29, 0.717) is 19.6 Å². The lowest BCUT2D eigenvalue weighted by molar-refractivity contribution is 0.183. The molecule has 2 amide bonds. The molecule has 106 valence electrons. The van der Waals surface area contributed by atoms with Crippen LogP contribution in [-0.4, -0.2) is 45.5 Å². The number of urea groups is 1. The second-order valence-electron chi connectivity index (χ2n) is 4.25. The minimum absolute atomic E-state index is 0.0611. The lowest BCUT2D eigenvalue weighted by Gasteiger charge is -2.20. The van der Waals surface area contributed by atoms with E-state index >= 15 is 0 Å². The van der Waals surface area contributed by atoms with E-state index in [0.717, 1.165) is 17.7 Å². The van der Waals surface area contributed by atoms with Crippen molar-refractivity contribution in [3.63, 3.8) is 0 Å². The van der Waals surface area contributed by atoms with Crippen LogP contribution < -0.4 is 5.32 Å². The Kier molecular flexibility index (Phi) is 6.08. The molecule has 1 rings (SSSR count). The molecule has 6 nitrogen and oxygen atoms in total. The molecule has 0 saturated heterocycles. The quantitative estimate of drug-likeness (QED) is 0.713. The van der Waals surface area contributed by atoms with E-state index in [4.69, 9.17) is 5.11 Å². The van der Waals surface area contributed by atoms with Gasteiger partial charge in [0.1, 0.15) is 0 Å².